The molecule has 0 bridgehead atoms. The summed E-state index contributed by atoms with van der Waals surface area (Å²) in [7, 11) is 1.50. The molecule has 0 saturated carbocycles. The molecule has 0 aliphatic carbocycles. The van der Waals surface area contributed by atoms with Gasteiger partial charge in [-0.15, -0.1) is 0 Å². The van der Waals surface area contributed by atoms with Crippen LogP contribution < -0.4 is 26.8 Å². The minimum atomic E-state index is -0.954. The molecule has 0 saturated heterocycles. The number of nitrogens with two attached hydrogens (primary N) is 2. The van der Waals surface area contributed by atoms with E-state index in [1.165, 1.54) is 17.5 Å². The van der Waals surface area contributed by atoms with Crippen LogP contribution in [0.1, 0.15) is 104 Å². The molecule has 3 aromatic carbocycles. The highest BCUT2D eigenvalue weighted by molar-refractivity contribution is 5.93. The number of ether oxygens (including phenoxy) is 2. The number of benzene rings is 3. The molecule has 5 atom stereocenters. The lowest BCUT2D eigenvalue weighted by Crippen LogP contribution is -2.56. The molecule has 0 radical (unpaired) electrons. The molecule has 0 aliphatic rings. The summed E-state index contributed by atoms with van der Waals surface area (Å²) in [6.45, 7) is 16.1. The normalized spacial score (nSPS) is 13.3. The lowest BCUT2D eigenvalue weighted by Gasteiger charge is -2.30. The molecule has 0 aromatic heterocycles. The van der Waals surface area contributed by atoms with Crippen LogP contribution in [-0.4, -0.2) is 101 Å². The van der Waals surface area contributed by atoms with Gasteiger partial charge in [-0.25, -0.2) is 0 Å². The summed E-state index contributed by atoms with van der Waals surface area (Å²) >= 11 is 0. The largest absolute Gasteiger partial charge is 0.488 e. The number of esters is 1. The Morgan fingerprint density at radius 1 is 0.810 bits per heavy atom. The van der Waals surface area contributed by atoms with Gasteiger partial charge in [0.2, 0.25) is 17.7 Å². The Hall–Kier alpha value is -5.31. The molecule has 0 fully saturated rings. The number of aliphatic hydroxyl groups excluding tert-OH is 1. The number of hydrogen-bond donors (Lipinski definition) is 6. The van der Waals surface area contributed by atoms with Crippen LogP contribution >= 0.6 is 0 Å². The number of carbonyl (C=O) groups excluding carboxylic acids is 4. The first-order valence-electron chi connectivity index (χ1n) is 21.9. The molecule has 8 N–H and O–H groups in total. The van der Waals surface area contributed by atoms with Gasteiger partial charge in [0.15, 0.2) is 0 Å². The molecule has 14 nitrogen and oxygen atoms in total. The number of primary amides is 1. The number of likely N-dealkylation sites (N-methyl/N-ethyl adjacent to an activating group) is 1. The van der Waals surface area contributed by atoms with E-state index >= 15 is 0 Å². The van der Waals surface area contributed by atoms with Crippen molar-refractivity contribution in [3.05, 3.63) is 102 Å². The number of nitrogens with one attached hydrogen (secondary N) is 2. The minimum absolute atomic E-state index is 0.0836. The van der Waals surface area contributed by atoms with Crippen LogP contribution in [0.4, 0.5) is 0 Å². The highest BCUT2D eigenvalue weighted by Crippen LogP contribution is 2.20. The molecule has 63 heavy (non-hydrogen) atoms. The van der Waals surface area contributed by atoms with Crippen molar-refractivity contribution in [2.45, 2.75) is 143 Å². The zero-order valence-corrected chi connectivity index (χ0v) is 39.0. The van der Waals surface area contributed by atoms with Crippen molar-refractivity contribution in [2.75, 3.05) is 20.2 Å². The van der Waals surface area contributed by atoms with Gasteiger partial charge in [-0.3, -0.25) is 24.0 Å². The summed E-state index contributed by atoms with van der Waals surface area (Å²) in [5.41, 5.74) is 14.3. The van der Waals surface area contributed by atoms with Crippen LogP contribution in [0.3, 0.4) is 0 Å². The zero-order chi connectivity index (χ0) is 47.5. The average Bonchev–Trinajstić information content (AvgIpc) is 3.21. The molecule has 0 heterocycles. The number of aliphatic hydroxyl groups is 1. The van der Waals surface area contributed by atoms with E-state index in [1.807, 2.05) is 121 Å². The van der Waals surface area contributed by atoms with Gasteiger partial charge in [-0.05, 0) is 96.0 Å². The van der Waals surface area contributed by atoms with Crippen LogP contribution in [-0.2, 0) is 41.6 Å². The Labute approximate surface area is 375 Å². The van der Waals surface area contributed by atoms with E-state index in [0.717, 1.165) is 17.5 Å². The maximum Gasteiger partial charge on any atom is 0.320 e. The predicted octanol–water partition coefficient (Wildman–Crippen LogP) is 5.74. The molecular formula is C49H75N5O9. The number of aryl methyl sites for hydroxylation is 1. The number of nitrogens with zero attached hydrogens (tertiary/aromatic N) is 1. The van der Waals surface area contributed by atoms with Crippen molar-refractivity contribution in [2.24, 2.45) is 17.4 Å². The SMILES string of the molecule is CCCC(NCCC(C)OC(=O)CC(C)C)C(=O)O.CN(C(=O)C(Cc1ccccc1)NC(=O)[C@H](N)CCCO)C(Cc1ccc(OC(C)(C)C)cc1)C(N)=O.Cc1ccccc1. The number of amides is 3. The summed E-state index contributed by atoms with van der Waals surface area (Å²) < 4.78 is 11.1. The van der Waals surface area contributed by atoms with Crippen LogP contribution in [0.2, 0.25) is 0 Å². The molecule has 14 heteroatoms. The minimum Gasteiger partial charge on any atom is -0.488 e. The summed E-state index contributed by atoms with van der Waals surface area (Å²) in [4.78, 5) is 62.3. The Morgan fingerprint density at radius 2 is 1.38 bits per heavy atom. The van der Waals surface area contributed by atoms with E-state index < -0.39 is 47.9 Å². The molecule has 0 spiro atoms. The van der Waals surface area contributed by atoms with E-state index in [1.54, 1.807) is 0 Å². The van der Waals surface area contributed by atoms with Crippen molar-refractivity contribution < 1.29 is 43.7 Å². The first kappa shape index (κ1) is 55.7. The lowest BCUT2D eigenvalue weighted by atomic mass is 10.0. The van der Waals surface area contributed by atoms with Gasteiger partial charge in [0.25, 0.3) is 0 Å². The Balaban J connectivity index is 0.000000629. The maximum atomic E-state index is 13.6. The van der Waals surface area contributed by atoms with E-state index in [9.17, 15) is 24.0 Å². The highest BCUT2D eigenvalue weighted by Gasteiger charge is 2.32. The van der Waals surface area contributed by atoms with Crippen molar-refractivity contribution in [1.29, 1.82) is 0 Å². The van der Waals surface area contributed by atoms with Crippen molar-refractivity contribution in [3.8, 4) is 5.75 Å². The molecule has 0 aliphatic heterocycles. The Bertz CT molecular complexity index is 1770. The topological polar surface area (TPSA) is 224 Å². The maximum absolute atomic E-state index is 13.6. The third-order valence-corrected chi connectivity index (χ3v) is 9.49. The lowest BCUT2D eigenvalue weighted by molar-refractivity contribution is -0.149. The molecule has 3 amide bonds. The van der Waals surface area contributed by atoms with E-state index in [4.69, 9.17) is 31.2 Å². The number of carboxylic acid groups (broad SMARTS) is 1. The second-order valence-electron chi connectivity index (χ2n) is 17.1. The molecule has 3 rings (SSSR count). The standard InChI is InChI=1S/C28H40N4O5.C14H27NO4.C7H8/c1-28(2,3)37-21-14-12-20(13-15-21)18-24(25(30)34)32(4)27(36)23(17-19-9-6-5-7-10-19)31-26(35)22(29)11-8-16-33;1-5-6-12(14(17)18)15-8-7-11(4)19-13(16)9-10(2)3;1-7-5-3-2-4-6-7/h5-7,9-10,12-15,22-24,33H,8,11,16-18,29H2,1-4H3,(H2,30,34)(H,31,35);10-12,15H,5-9H2,1-4H3,(H,17,18);2-6H,1H3/t22-,23?,24?;;/m1../s1. The second-order valence-corrected chi connectivity index (χ2v) is 17.1. The number of aliphatic carboxylic acids is 1. The molecule has 4 unspecified atom stereocenters. The van der Waals surface area contributed by atoms with Gasteiger partial charge < -0.3 is 46.7 Å². The van der Waals surface area contributed by atoms with Gasteiger partial charge in [0.1, 0.15) is 35.6 Å². The third-order valence-electron chi connectivity index (χ3n) is 9.49. The predicted molar refractivity (Wildman–Crippen MR) is 248 cm³/mol. The van der Waals surface area contributed by atoms with Gasteiger partial charge in [0, 0.05) is 32.9 Å². The fraction of sp³-hybridized carbons (Fsp3) is 0.531. The van der Waals surface area contributed by atoms with E-state index in [-0.39, 0.29) is 43.5 Å². The van der Waals surface area contributed by atoms with E-state index in [2.05, 4.69) is 29.7 Å². The van der Waals surface area contributed by atoms with Crippen LogP contribution in [0.25, 0.3) is 0 Å². The molecule has 350 valence electrons. The quantitative estimate of drug-likeness (QED) is 0.0631. The summed E-state index contributed by atoms with van der Waals surface area (Å²) in [5.74, 6) is -1.64. The fourth-order valence-electron chi connectivity index (χ4n) is 6.13. The highest BCUT2D eigenvalue weighted by atomic mass is 16.5. The van der Waals surface area contributed by atoms with Gasteiger partial charge in [-0.2, -0.15) is 0 Å². The Morgan fingerprint density at radius 3 is 1.86 bits per heavy atom. The third kappa shape index (κ3) is 24.8. The second kappa shape index (κ2) is 29.9. The van der Waals surface area contributed by atoms with Gasteiger partial charge >= 0.3 is 11.9 Å². The first-order chi connectivity index (χ1) is 29.7. The number of hydrogen-bond acceptors (Lipinski definition) is 10. The Kier molecular flexibility index (Phi) is 26.4. The van der Waals surface area contributed by atoms with Gasteiger partial charge in [-0.1, -0.05) is 106 Å². The van der Waals surface area contributed by atoms with Crippen molar-refractivity contribution in [3.63, 3.8) is 0 Å². The summed E-state index contributed by atoms with van der Waals surface area (Å²) in [6, 6.07) is 23.5. The monoisotopic (exact) mass is 878 g/mol. The first-order valence-corrected chi connectivity index (χ1v) is 21.9. The fourth-order valence-corrected chi connectivity index (χ4v) is 6.13. The molecule has 3 aromatic rings. The zero-order valence-electron chi connectivity index (χ0n) is 39.0. The van der Waals surface area contributed by atoms with Crippen molar-refractivity contribution >= 4 is 29.7 Å². The van der Waals surface area contributed by atoms with Crippen LogP contribution in [0.5, 0.6) is 5.75 Å². The van der Waals surface area contributed by atoms with Crippen LogP contribution in [0.15, 0.2) is 84.9 Å². The number of carboxylic acids is 1. The number of carbonyl (C=O) groups is 5. The molecular weight excluding hydrogens is 803 g/mol. The summed E-state index contributed by atoms with van der Waals surface area (Å²) in [5, 5.41) is 23.7. The number of rotatable bonds is 23. The van der Waals surface area contributed by atoms with Crippen molar-refractivity contribution in [1.82, 2.24) is 15.5 Å². The van der Waals surface area contributed by atoms with Gasteiger partial charge in [0.05, 0.1) is 6.04 Å². The smallest absolute Gasteiger partial charge is 0.320 e. The van der Waals surface area contributed by atoms with E-state index in [0.29, 0.717) is 43.9 Å². The van der Waals surface area contributed by atoms with Crippen LogP contribution in [0, 0.1) is 12.8 Å². The summed E-state index contributed by atoms with van der Waals surface area (Å²) in [6.07, 6.45) is 3.36. The average molecular weight is 878 g/mol.